The summed E-state index contributed by atoms with van der Waals surface area (Å²) in [6, 6.07) is 12.2. The molecule has 0 saturated heterocycles. The zero-order chi connectivity index (χ0) is 13.1. The Bertz CT molecular complexity index is 627. The summed E-state index contributed by atoms with van der Waals surface area (Å²) in [6.07, 6.45) is 0. The van der Waals surface area contributed by atoms with Crippen molar-refractivity contribution in [1.82, 2.24) is 0 Å². The molecule has 2 N–H and O–H groups in total. The lowest BCUT2D eigenvalue weighted by Crippen LogP contribution is -1.99. The number of nitriles is 1. The number of nitrogens with two attached hydrogens (primary N) is 1. The Labute approximate surface area is 105 Å². The van der Waals surface area contributed by atoms with Crippen LogP contribution in [0.15, 0.2) is 36.4 Å². The van der Waals surface area contributed by atoms with Crippen LogP contribution in [-0.4, -0.2) is 0 Å². The van der Waals surface area contributed by atoms with Crippen molar-refractivity contribution < 1.29 is 4.39 Å². The molecule has 2 nitrogen and oxygen atoms in total. The summed E-state index contributed by atoms with van der Waals surface area (Å²) in [6.45, 7) is 2.21. The molecule has 18 heavy (non-hydrogen) atoms. The van der Waals surface area contributed by atoms with Gasteiger partial charge in [0.05, 0.1) is 11.6 Å². The predicted molar refractivity (Wildman–Crippen MR) is 69.2 cm³/mol. The van der Waals surface area contributed by atoms with Crippen molar-refractivity contribution in [2.75, 3.05) is 0 Å². The van der Waals surface area contributed by atoms with Gasteiger partial charge in [-0.3, -0.25) is 0 Å². The summed E-state index contributed by atoms with van der Waals surface area (Å²) in [7, 11) is 0. The Balaban J connectivity index is 2.62. The summed E-state index contributed by atoms with van der Waals surface area (Å²) in [4.78, 5) is 0. The van der Waals surface area contributed by atoms with Crippen LogP contribution in [0.2, 0.25) is 0 Å². The van der Waals surface area contributed by atoms with Crippen molar-refractivity contribution >= 4 is 0 Å². The van der Waals surface area contributed by atoms with E-state index >= 15 is 0 Å². The molecule has 0 bridgehead atoms. The van der Waals surface area contributed by atoms with Gasteiger partial charge in [-0.15, -0.1) is 0 Å². The predicted octanol–water partition coefficient (Wildman–Crippen LogP) is 3.13. The Hall–Kier alpha value is -2.18. The van der Waals surface area contributed by atoms with Crippen LogP contribution in [0, 0.1) is 24.1 Å². The molecule has 0 aliphatic heterocycles. The van der Waals surface area contributed by atoms with Crippen LogP contribution < -0.4 is 5.73 Å². The largest absolute Gasteiger partial charge is 0.326 e. The topological polar surface area (TPSA) is 49.8 Å². The molecule has 0 aromatic heterocycles. The highest BCUT2D eigenvalue weighted by Gasteiger charge is 2.07. The molecule has 0 unspecified atom stereocenters. The lowest BCUT2D eigenvalue weighted by molar-refractivity contribution is 0.627. The minimum Gasteiger partial charge on any atom is -0.326 e. The van der Waals surface area contributed by atoms with E-state index in [0.29, 0.717) is 12.1 Å². The third-order valence-electron chi connectivity index (χ3n) is 2.96. The number of hydrogen-bond acceptors (Lipinski definition) is 2. The van der Waals surface area contributed by atoms with Crippen LogP contribution in [0.25, 0.3) is 11.1 Å². The molecule has 0 saturated carbocycles. The molecule has 0 fully saturated rings. The van der Waals surface area contributed by atoms with Crippen LogP contribution in [0.1, 0.15) is 16.7 Å². The van der Waals surface area contributed by atoms with Crippen LogP contribution >= 0.6 is 0 Å². The van der Waals surface area contributed by atoms with Crippen LogP contribution in [0.3, 0.4) is 0 Å². The molecule has 3 heteroatoms. The van der Waals surface area contributed by atoms with E-state index in [9.17, 15) is 4.39 Å². The molecular weight excluding hydrogens is 227 g/mol. The molecule has 0 spiro atoms. The monoisotopic (exact) mass is 240 g/mol. The highest BCUT2D eigenvalue weighted by molar-refractivity contribution is 5.69. The van der Waals surface area contributed by atoms with Gasteiger partial charge in [-0.1, -0.05) is 18.2 Å². The van der Waals surface area contributed by atoms with Gasteiger partial charge in [-0.2, -0.15) is 5.26 Å². The van der Waals surface area contributed by atoms with Crippen molar-refractivity contribution in [3.05, 3.63) is 58.9 Å². The SMILES string of the molecule is Cc1ccc(-c2cc(F)ccc2CN)cc1C#N. The number of halogens is 1. The second kappa shape index (κ2) is 4.99. The quantitative estimate of drug-likeness (QED) is 0.876. The molecule has 0 amide bonds. The normalized spacial score (nSPS) is 10.1. The first-order valence-electron chi connectivity index (χ1n) is 5.65. The minimum atomic E-state index is -0.304. The smallest absolute Gasteiger partial charge is 0.123 e. The van der Waals surface area contributed by atoms with Crippen LogP contribution in [0.5, 0.6) is 0 Å². The van der Waals surface area contributed by atoms with Gasteiger partial charge in [0.25, 0.3) is 0 Å². The summed E-state index contributed by atoms with van der Waals surface area (Å²) >= 11 is 0. The first-order valence-corrected chi connectivity index (χ1v) is 5.65. The molecule has 0 atom stereocenters. The minimum absolute atomic E-state index is 0.304. The summed E-state index contributed by atoms with van der Waals surface area (Å²) in [5, 5.41) is 9.02. The van der Waals surface area contributed by atoms with E-state index in [0.717, 1.165) is 22.3 Å². The molecule has 0 aliphatic carbocycles. The van der Waals surface area contributed by atoms with Gasteiger partial charge < -0.3 is 5.73 Å². The van der Waals surface area contributed by atoms with Gasteiger partial charge >= 0.3 is 0 Å². The average Bonchev–Trinajstić information content (AvgIpc) is 2.39. The molecule has 2 aromatic rings. The highest BCUT2D eigenvalue weighted by atomic mass is 19.1. The number of benzene rings is 2. The Morgan fingerprint density at radius 1 is 1.22 bits per heavy atom. The average molecular weight is 240 g/mol. The zero-order valence-corrected chi connectivity index (χ0v) is 10.1. The van der Waals surface area contributed by atoms with Gasteiger partial charge in [-0.25, -0.2) is 4.39 Å². The summed E-state index contributed by atoms with van der Waals surface area (Å²) < 4.78 is 13.3. The maximum absolute atomic E-state index is 13.3. The molecule has 2 aromatic carbocycles. The lowest BCUT2D eigenvalue weighted by Gasteiger charge is -2.09. The van der Waals surface area contributed by atoms with E-state index in [1.54, 1.807) is 12.1 Å². The van der Waals surface area contributed by atoms with Crippen molar-refractivity contribution in [3.63, 3.8) is 0 Å². The van der Waals surface area contributed by atoms with Crippen molar-refractivity contribution in [2.24, 2.45) is 5.73 Å². The number of hydrogen-bond donors (Lipinski definition) is 1. The van der Waals surface area contributed by atoms with Crippen molar-refractivity contribution in [2.45, 2.75) is 13.5 Å². The molecule has 2 rings (SSSR count). The fraction of sp³-hybridized carbons (Fsp3) is 0.133. The Morgan fingerprint density at radius 3 is 2.67 bits per heavy atom. The van der Waals surface area contributed by atoms with Gasteiger partial charge in [0, 0.05) is 6.54 Å². The fourth-order valence-electron chi connectivity index (χ4n) is 1.91. The fourth-order valence-corrected chi connectivity index (χ4v) is 1.91. The van der Waals surface area contributed by atoms with Crippen LogP contribution in [-0.2, 0) is 6.54 Å². The van der Waals surface area contributed by atoms with E-state index in [4.69, 9.17) is 11.0 Å². The molecular formula is C15H13FN2. The maximum atomic E-state index is 13.3. The van der Waals surface area contributed by atoms with E-state index < -0.39 is 0 Å². The summed E-state index contributed by atoms with van der Waals surface area (Å²) in [5.74, 6) is -0.304. The molecule has 0 heterocycles. The maximum Gasteiger partial charge on any atom is 0.123 e. The second-order valence-electron chi connectivity index (χ2n) is 4.15. The van der Waals surface area contributed by atoms with Gasteiger partial charge in [0.2, 0.25) is 0 Å². The van der Waals surface area contributed by atoms with E-state index in [1.165, 1.54) is 12.1 Å². The zero-order valence-electron chi connectivity index (χ0n) is 10.1. The van der Waals surface area contributed by atoms with E-state index in [2.05, 4.69) is 6.07 Å². The standard InChI is InChI=1S/C15H13FN2/c1-10-2-3-11(6-13(10)9-18)15-7-14(16)5-4-12(15)8-17/h2-7H,8,17H2,1H3. The first-order chi connectivity index (χ1) is 8.65. The number of nitrogens with zero attached hydrogens (tertiary/aromatic N) is 1. The third-order valence-corrected chi connectivity index (χ3v) is 2.96. The van der Waals surface area contributed by atoms with E-state index in [-0.39, 0.29) is 5.82 Å². The molecule has 0 aliphatic rings. The first kappa shape index (κ1) is 12.3. The van der Waals surface area contributed by atoms with Crippen molar-refractivity contribution in [3.8, 4) is 17.2 Å². The Kier molecular flexibility index (Phi) is 3.40. The second-order valence-corrected chi connectivity index (χ2v) is 4.15. The Morgan fingerprint density at radius 2 is 2.00 bits per heavy atom. The highest BCUT2D eigenvalue weighted by Crippen LogP contribution is 2.26. The van der Waals surface area contributed by atoms with Gasteiger partial charge in [0.1, 0.15) is 5.82 Å². The third kappa shape index (κ3) is 2.24. The molecule has 0 radical (unpaired) electrons. The van der Waals surface area contributed by atoms with E-state index in [1.807, 2.05) is 19.1 Å². The van der Waals surface area contributed by atoms with Crippen LogP contribution in [0.4, 0.5) is 4.39 Å². The van der Waals surface area contributed by atoms with Gasteiger partial charge in [0.15, 0.2) is 0 Å². The number of rotatable bonds is 2. The van der Waals surface area contributed by atoms with Crippen molar-refractivity contribution in [1.29, 1.82) is 5.26 Å². The number of aryl methyl sites for hydroxylation is 1. The molecule has 90 valence electrons. The lowest BCUT2D eigenvalue weighted by atomic mass is 9.96. The van der Waals surface area contributed by atoms with Gasteiger partial charge in [-0.05, 0) is 47.4 Å². The summed E-state index contributed by atoms with van der Waals surface area (Å²) in [5.41, 5.74) is 9.58.